The smallest absolute Gasteiger partial charge is 0.333 e. The molecular formula is C10H8ClNO4S. The first-order chi connectivity index (χ1) is 7.97. The summed E-state index contributed by atoms with van der Waals surface area (Å²) in [7, 11) is -3.69. The molecule has 0 spiro atoms. The average molecular weight is 274 g/mol. The largest absolute Gasteiger partial charge is 0.456 e. The monoisotopic (exact) mass is 273 g/mol. The van der Waals surface area contributed by atoms with Gasteiger partial charge in [-0.1, -0.05) is 11.6 Å². The molecule has 0 saturated carbocycles. The molecule has 1 N–H and O–H groups in total. The minimum Gasteiger partial charge on any atom is -0.456 e. The van der Waals surface area contributed by atoms with Gasteiger partial charge in [0.2, 0.25) is 0 Å². The second-order valence-corrected chi connectivity index (χ2v) is 5.46. The average Bonchev–Trinajstić information content (AvgIpc) is 2.63. The van der Waals surface area contributed by atoms with Crippen LogP contribution < -0.4 is 4.72 Å². The summed E-state index contributed by atoms with van der Waals surface area (Å²) in [5, 5.41) is 0.447. The zero-order chi connectivity index (χ0) is 12.5. The van der Waals surface area contributed by atoms with Gasteiger partial charge in [0, 0.05) is 11.1 Å². The molecule has 0 radical (unpaired) electrons. The highest BCUT2D eigenvalue weighted by Crippen LogP contribution is 2.15. The van der Waals surface area contributed by atoms with Crippen LogP contribution in [0.2, 0.25) is 5.02 Å². The Hall–Kier alpha value is -1.53. The third-order valence-electron chi connectivity index (χ3n) is 2.05. The summed E-state index contributed by atoms with van der Waals surface area (Å²) in [5.41, 5.74) is 0.213. The molecule has 1 heterocycles. The van der Waals surface area contributed by atoms with E-state index in [-0.39, 0.29) is 17.2 Å². The Morgan fingerprint density at radius 3 is 2.41 bits per heavy atom. The lowest BCUT2D eigenvalue weighted by Crippen LogP contribution is -2.23. The number of carbonyl (C=O) groups is 1. The summed E-state index contributed by atoms with van der Waals surface area (Å²) in [4.78, 5) is 10.8. The van der Waals surface area contributed by atoms with Crippen LogP contribution in [0.25, 0.3) is 0 Å². The van der Waals surface area contributed by atoms with Gasteiger partial charge in [-0.2, -0.15) is 0 Å². The molecular weight excluding hydrogens is 266 g/mol. The molecule has 0 amide bonds. The van der Waals surface area contributed by atoms with E-state index in [1.54, 1.807) is 0 Å². The lowest BCUT2D eigenvalue weighted by atomic mass is 10.4. The molecule has 1 aliphatic rings. The maximum Gasteiger partial charge on any atom is 0.333 e. The predicted octanol–water partition coefficient (Wildman–Crippen LogP) is 1.06. The molecule has 0 unspecified atom stereocenters. The molecule has 0 atom stereocenters. The molecule has 1 aromatic carbocycles. The first-order valence-electron chi connectivity index (χ1n) is 4.63. The summed E-state index contributed by atoms with van der Waals surface area (Å²) in [5.74, 6) is -0.557. The van der Waals surface area contributed by atoms with Crippen LogP contribution in [-0.4, -0.2) is 21.0 Å². The van der Waals surface area contributed by atoms with Crippen molar-refractivity contribution in [3.63, 3.8) is 0 Å². The van der Waals surface area contributed by atoms with E-state index in [2.05, 4.69) is 9.46 Å². The van der Waals surface area contributed by atoms with Crippen LogP contribution in [0.3, 0.4) is 0 Å². The summed E-state index contributed by atoms with van der Waals surface area (Å²) in [6.07, 6.45) is 1.10. The number of ether oxygens (including phenoxy) is 1. The summed E-state index contributed by atoms with van der Waals surface area (Å²) >= 11 is 5.66. The molecule has 7 heteroatoms. The van der Waals surface area contributed by atoms with Crippen LogP contribution in [0.5, 0.6) is 0 Å². The molecule has 0 aromatic heterocycles. The van der Waals surface area contributed by atoms with E-state index >= 15 is 0 Å². The third-order valence-corrected chi connectivity index (χ3v) is 3.73. The normalized spacial score (nSPS) is 15.4. The molecule has 1 aromatic rings. The van der Waals surface area contributed by atoms with Crippen LogP contribution in [0.4, 0.5) is 0 Å². The fraction of sp³-hybridized carbons (Fsp3) is 0.100. The Bertz CT molecular complexity index is 577. The number of hydrogen-bond donors (Lipinski definition) is 1. The summed E-state index contributed by atoms with van der Waals surface area (Å²) in [6.45, 7) is -0.0638. The number of esters is 1. The van der Waals surface area contributed by atoms with E-state index in [0.29, 0.717) is 5.02 Å². The van der Waals surface area contributed by atoms with Gasteiger partial charge in [-0.3, -0.25) is 4.72 Å². The molecule has 90 valence electrons. The van der Waals surface area contributed by atoms with E-state index in [0.717, 1.165) is 6.08 Å². The van der Waals surface area contributed by atoms with Crippen molar-refractivity contribution < 1.29 is 17.9 Å². The Morgan fingerprint density at radius 2 is 1.88 bits per heavy atom. The first-order valence-corrected chi connectivity index (χ1v) is 6.49. The highest BCUT2D eigenvalue weighted by atomic mass is 35.5. The van der Waals surface area contributed by atoms with Gasteiger partial charge in [-0.05, 0) is 24.3 Å². The number of hydrogen-bond acceptors (Lipinski definition) is 4. The number of carbonyl (C=O) groups excluding carboxylic acids is 1. The van der Waals surface area contributed by atoms with Crippen LogP contribution >= 0.6 is 11.6 Å². The standard InChI is InChI=1S/C10H8ClNO4S/c11-7-1-3-9(4-2-7)17(14,15)12-8-5-10(13)16-6-8/h1-5,12H,6H2. The van der Waals surface area contributed by atoms with Crippen molar-refractivity contribution in [1.29, 1.82) is 0 Å². The van der Waals surface area contributed by atoms with Crippen LogP contribution in [0.15, 0.2) is 40.9 Å². The quantitative estimate of drug-likeness (QED) is 0.836. The van der Waals surface area contributed by atoms with Crippen LogP contribution in [0.1, 0.15) is 0 Å². The number of rotatable bonds is 3. The topological polar surface area (TPSA) is 72.5 Å². The number of nitrogens with one attached hydrogen (secondary N) is 1. The minimum atomic E-state index is -3.69. The molecule has 0 aliphatic carbocycles. The SMILES string of the molecule is O=C1C=C(NS(=O)(=O)c2ccc(Cl)cc2)CO1. The third kappa shape index (κ3) is 2.78. The molecule has 1 aliphatic heterocycles. The van der Waals surface area contributed by atoms with Crippen molar-refractivity contribution >= 4 is 27.6 Å². The fourth-order valence-corrected chi connectivity index (χ4v) is 2.48. The summed E-state index contributed by atoms with van der Waals surface area (Å²) in [6, 6.07) is 5.70. The van der Waals surface area contributed by atoms with Crippen molar-refractivity contribution in [1.82, 2.24) is 4.72 Å². The molecule has 0 fully saturated rings. The van der Waals surface area contributed by atoms with E-state index in [1.807, 2.05) is 0 Å². The van der Waals surface area contributed by atoms with Gasteiger partial charge in [0.25, 0.3) is 10.0 Å². The van der Waals surface area contributed by atoms with Gasteiger partial charge in [-0.25, -0.2) is 13.2 Å². The Balaban J connectivity index is 2.22. The molecule has 17 heavy (non-hydrogen) atoms. The second kappa shape index (κ2) is 4.38. The highest BCUT2D eigenvalue weighted by Gasteiger charge is 2.20. The number of halogens is 1. The molecule has 0 bridgehead atoms. The van der Waals surface area contributed by atoms with Crippen molar-refractivity contribution in [3.05, 3.63) is 41.1 Å². The lowest BCUT2D eigenvalue weighted by Gasteiger charge is -2.07. The molecule has 0 saturated heterocycles. The second-order valence-electron chi connectivity index (χ2n) is 3.34. The first kappa shape index (κ1) is 11.9. The zero-order valence-corrected chi connectivity index (χ0v) is 10.1. The minimum absolute atomic E-state index is 0.0638. The van der Waals surface area contributed by atoms with Gasteiger partial charge in [0.1, 0.15) is 6.61 Å². The zero-order valence-electron chi connectivity index (χ0n) is 8.51. The van der Waals surface area contributed by atoms with Gasteiger partial charge in [0.15, 0.2) is 0 Å². The number of benzene rings is 1. The van der Waals surface area contributed by atoms with E-state index in [9.17, 15) is 13.2 Å². The summed E-state index contributed by atoms with van der Waals surface area (Å²) < 4.78 is 30.5. The highest BCUT2D eigenvalue weighted by molar-refractivity contribution is 7.89. The van der Waals surface area contributed by atoms with Crippen molar-refractivity contribution in [2.75, 3.05) is 6.61 Å². The number of sulfonamides is 1. The fourth-order valence-electron chi connectivity index (χ4n) is 1.28. The molecule has 5 nitrogen and oxygen atoms in total. The van der Waals surface area contributed by atoms with Crippen molar-refractivity contribution in [2.45, 2.75) is 4.90 Å². The Kier molecular flexibility index (Phi) is 3.08. The van der Waals surface area contributed by atoms with Crippen molar-refractivity contribution in [3.8, 4) is 0 Å². The van der Waals surface area contributed by atoms with Gasteiger partial charge in [0.05, 0.1) is 10.6 Å². The number of cyclic esters (lactones) is 1. The van der Waals surface area contributed by atoms with Gasteiger partial charge in [-0.15, -0.1) is 0 Å². The lowest BCUT2D eigenvalue weighted by molar-refractivity contribution is -0.134. The van der Waals surface area contributed by atoms with E-state index < -0.39 is 16.0 Å². The molecule has 2 rings (SSSR count). The maximum atomic E-state index is 11.8. The Morgan fingerprint density at radius 1 is 1.24 bits per heavy atom. The van der Waals surface area contributed by atoms with E-state index in [4.69, 9.17) is 11.6 Å². The van der Waals surface area contributed by atoms with Crippen LogP contribution in [0, 0.1) is 0 Å². The maximum absolute atomic E-state index is 11.8. The van der Waals surface area contributed by atoms with Crippen LogP contribution in [-0.2, 0) is 19.6 Å². The van der Waals surface area contributed by atoms with Crippen molar-refractivity contribution in [2.24, 2.45) is 0 Å². The van der Waals surface area contributed by atoms with Gasteiger partial charge >= 0.3 is 5.97 Å². The predicted molar refractivity (Wildman–Crippen MR) is 60.8 cm³/mol. The van der Waals surface area contributed by atoms with E-state index in [1.165, 1.54) is 24.3 Å². The van der Waals surface area contributed by atoms with Gasteiger partial charge < -0.3 is 4.74 Å². The Labute approximate surface area is 103 Å².